The lowest BCUT2D eigenvalue weighted by molar-refractivity contribution is 0.0440. The monoisotopic (exact) mass is 278 g/mol. The number of rotatable bonds is 4. The molecule has 1 N–H and O–H groups in total. The van der Waals surface area contributed by atoms with Gasteiger partial charge in [-0.15, -0.1) is 0 Å². The standard InChI is InChI=1S/C17H27FN2/c1-5-13(2)16-11-20(17(3,4)12-19-16)10-14-8-6-7-9-15(14)18/h6-9,13,16,19H,5,10-12H2,1-4H3. The summed E-state index contributed by atoms with van der Waals surface area (Å²) in [6.07, 6.45) is 1.17. The fraction of sp³-hybridized carbons (Fsp3) is 0.647. The van der Waals surface area contributed by atoms with Gasteiger partial charge in [0.15, 0.2) is 0 Å². The van der Waals surface area contributed by atoms with E-state index in [4.69, 9.17) is 0 Å². The molecule has 1 aliphatic heterocycles. The highest BCUT2D eigenvalue weighted by molar-refractivity contribution is 5.18. The highest BCUT2D eigenvalue weighted by Gasteiger charge is 2.35. The van der Waals surface area contributed by atoms with Gasteiger partial charge in [0.05, 0.1) is 0 Å². The lowest BCUT2D eigenvalue weighted by atomic mass is 9.90. The van der Waals surface area contributed by atoms with Crippen molar-refractivity contribution in [2.24, 2.45) is 5.92 Å². The minimum absolute atomic E-state index is 0.0617. The first kappa shape index (κ1) is 15.5. The van der Waals surface area contributed by atoms with Crippen molar-refractivity contribution < 1.29 is 4.39 Å². The summed E-state index contributed by atoms with van der Waals surface area (Å²) < 4.78 is 13.9. The van der Waals surface area contributed by atoms with Gasteiger partial charge in [-0.05, 0) is 25.8 Å². The Balaban J connectivity index is 2.12. The van der Waals surface area contributed by atoms with Crippen molar-refractivity contribution in [2.45, 2.75) is 52.2 Å². The molecule has 0 aliphatic carbocycles. The lowest BCUT2D eigenvalue weighted by Gasteiger charge is -2.47. The van der Waals surface area contributed by atoms with Gasteiger partial charge in [-0.1, -0.05) is 38.5 Å². The maximum absolute atomic E-state index is 13.9. The molecule has 0 bridgehead atoms. The minimum atomic E-state index is -0.0954. The molecule has 0 spiro atoms. The molecule has 2 unspecified atom stereocenters. The minimum Gasteiger partial charge on any atom is -0.311 e. The zero-order valence-corrected chi connectivity index (χ0v) is 13.1. The second kappa shape index (κ2) is 6.23. The normalized spacial score (nSPS) is 24.6. The summed E-state index contributed by atoms with van der Waals surface area (Å²) in [7, 11) is 0. The molecule has 0 saturated carbocycles. The summed E-state index contributed by atoms with van der Waals surface area (Å²) in [6.45, 7) is 11.6. The Morgan fingerprint density at radius 1 is 1.40 bits per heavy atom. The maximum Gasteiger partial charge on any atom is 0.127 e. The van der Waals surface area contributed by atoms with Crippen LogP contribution in [0, 0.1) is 11.7 Å². The molecule has 3 heteroatoms. The summed E-state index contributed by atoms with van der Waals surface area (Å²) >= 11 is 0. The van der Waals surface area contributed by atoms with Crippen molar-refractivity contribution >= 4 is 0 Å². The molecule has 20 heavy (non-hydrogen) atoms. The maximum atomic E-state index is 13.9. The molecule has 0 aromatic heterocycles. The van der Waals surface area contributed by atoms with E-state index in [1.807, 2.05) is 12.1 Å². The Labute approximate surface area is 122 Å². The van der Waals surface area contributed by atoms with Gasteiger partial charge in [-0.25, -0.2) is 4.39 Å². The third-order valence-electron chi connectivity index (χ3n) is 4.72. The van der Waals surface area contributed by atoms with Gasteiger partial charge in [0.25, 0.3) is 0 Å². The molecule has 1 fully saturated rings. The fourth-order valence-electron chi connectivity index (χ4n) is 2.82. The van der Waals surface area contributed by atoms with Crippen LogP contribution in [-0.4, -0.2) is 29.6 Å². The van der Waals surface area contributed by atoms with Crippen LogP contribution in [0.1, 0.15) is 39.7 Å². The largest absolute Gasteiger partial charge is 0.311 e. The van der Waals surface area contributed by atoms with Crippen molar-refractivity contribution in [3.63, 3.8) is 0 Å². The number of benzene rings is 1. The Bertz CT molecular complexity index is 444. The van der Waals surface area contributed by atoms with Crippen molar-refractivity contribution in [3.05, 3.63) is 35.6 Å². The van der Waals surface area contributed by atoms with Gasteiger partial charge in [0.2, 0.25) is 0 Å². The summed E-state index contributed by atoms with van der Waals surface area (Å²) in [6, 6.07) is 7.62. The second-order valence-electron chi connectivity index (χ2n) is 6.66. The lowest BCUT2D eigenvalue weighted by Crippen LogP contribution is -2.62. The van der Waals surface area contributed by atoms with Gasteiger partial charge >= 0.3 is 0 Å². The van der Waals surface area contributed by atoms with Crippen LogP contribution in [0.25, 0.3) is 0 Å². The van der Waals surface area contributed by atoms with E-state index in [1.165, 1.54) is 6.42 Å². The average molecular weight is 278 g/mol. The van der Waals surface area contributed by atoms with E-state index >= 15 is 0 Å². The molecule has 0 amide bonds. The Kier molecular flexibility index (Phi) is 4.82. The van der Waals surface area contributed by atoms with Crippen LogP contribution >= 0.6 is 0 Å². The van der Waals surface area contributed by atoms with Crippen molar-refractivity contribution in [1.29, 1.82) is 0 Å². The summed E-state index contributed by atoms with van der Waals surface area (Å²) in [4.78, 5) is 2.42. The Hall–Kier alpha value is -0.930. The summed E-state index contributed by atoms with van der Waals surface area (Å²) in [5, 5.41) is 3.66. The SMILES string of the molecule is CCC(C)C1CN(Cc2ccccc2F)C(C)(C)CN1. The van der Waals surface area contributed by atoms with E-state index in [0.717, 1.165) is 18.7 Å². The van der Waals surface area contributed by atoms with Crippen LogP contribution in [0.15, 0.2) is 24.3 Å². The first-order chi connectivity index (χ1) is 9.44. The van der Waals surface area contributed by atoms with E-state index in [2.05, 4.69) is 37.9 Å². The molecule has 1 aromatic rings. The molecule has 1 aromatic carbocycles. The van der Waals surface area contributed by atoms with E-state index in [0.29, 0.717) is 18.5 Å². The summed E-state index contributed by atoms with van der Waals surface area (Å²) in [5.74, 6) is 0.552. The Morgan fingerprint density at radius 3 is 2.75 bits per heavy atom. The van der Waals surface area contributed by atoms with Crippen molar-refractivity contribution in [2.75, 3.05) is 13.1 Å². The first-order valence-corrected chi connectivity index (χ1v) is 7.66. The molecule has 2 atom stereocenters. The van der Waals surface area contributed by atoms with Crippen molar-refractivity contribution in [1.82, 2.24) is 10.2 Å². The Morgan fingerprint density at radius 2 is 2.10 bits per heavy atom. The molecule has 0 radical (unpaired) electrons. The molecular weight excluding hydrogens is 251 g/mol. The fourth-order valence-corrected chi connectivity index (χ4v) is 2.82. The number of nitrogens with zero attached hydrogens (tertiary/aromatic N) is 1. The number of nitrogens with one attached hydrogen (secondary N) is 1. The predicted octanol–water partition coefficient (Wildman–Crippen LogP) is 3.42. The van der Waals surface area contributed by atoms with Crippen LogP contribution < -0.4 is 5.32 Å². The molecule has 1 heterocycles. The first-order valence-electron chi connectivity index (χ1n) is 7.66. The van der Waals surface area contributed by atoms with E-state index in [9.17, 15) is 4.39 Å². The number of halogens is 1. The average Bonchev–Trinajstić information content (AvgIpc) is 2.42. The van der Waals surface area contributed by atoms with E-state index < -0.39 is 0 Å². The van der Waals surface area contributed by atoms with Gasteiger partial charge in [0, 0.05) is 36.8 Å². The van der Waals surface area contributed by atoms with Gasteiger partial charge in [-0.2, -0.15) is 0 Å². The van der Waals surface area contributed by atoms with E-state index in [1.54, 1.807) is 12.1 Å². The molecule has 2 nitrogen and oxygen atoms in total. The van der Waals surface area contributed by atoms with Crippen LogP contribution in [0.3, 0.4) is 0 Å². The van der Waals surface area contributed by atoms with Gasteiger partial charge < -0.3 is 5.32 Å². The van der Waals surface area contributed by atoms with Crippen LogP contribution in [0.2, 0.25) is 0 Å². The predicted molar refractivity (Wildman–Crippen MR) is 82.1 cm³/mol. The molecule has 1 aliphatic rings. The molecular formula is C17H27FN2. The third-order valence-corrected chi connectivity index (χ3v) is 4.72. The van der Waals surface area contributed by atoms with Gasteiger partial charge in [-0.3, -0.25) is 4.90 Å². The zero-order chi connectivity index (χ0) is 14.8. The van der Waals surface area contributed by atoms with Crippen molar-refractivity contribution in [3.8, 4) is 0 Å². The zero-order valence-electron chi connectivity index (χ0n) is 13.1. The van der Waals surface area contributed by atoms with Crippen LogP contribution in [0.4, 0.5) is 4.39 Å². The highest BCUT2D eigenvalue weighted by Crippen LogP contribution is 2.25. The summed E-state index contributed by atoms with van der Waals surface area (Å²) in [5.41, 5.74) is 0.858. The number of piperazine rings is 1. The topological polar surface area (TPSA) is 15.3 Å². The highest BCUT2D eigenvalue weighted by atomic mass is 19.1. The molecule has 112 valence electrons. The number of hydrogen-bond donors (Lipinski definition) is 1. The van der Waals surface area contributed by atoms with Crippen LogP contribution in [0.5, 0.6) is 0 Å². The van der Waals surface area contributed by atoms with Gasteiger partial charge in [0.1, 0.15) is 5.82 Å². The van der Waals surface area contributed by atoms with Crippen LogP contribution in [-0.2, 0) is 6.54 Å². The smallest absolute Gasteiger partial charge is 0.127 e. The molecule has 2 rings (SSSR count). The number of hydrogen-bond acceptors (Lipinski definition) is 2. The quantitative estimate of drug-likeness (QED) is 0.908. The second-order valence-corrected chi connectivity index (χ2v) is 6.66. The van der Waals surface area contributed by atoms with E-state index in [-0.39, 0.29) is 11.4 Å². The third kappa shape index (κ3) is 3.39. The molecule has 1 saturated heterocycles.